The molecule has 1 amide bonds. The first-order valence-electron chi connectivity index (χ1n) is 8.75. The highest BCUT2D eigenvalue weighted by molar-refractivity contribution is 7.89. The fourth-order valence-corrected chi connectivity index (χ4v) is 3.71. The Balaban J connectivity index is 2.06. The second-order valence-electron chi connectivity index (χ2n) is 6.14. The molecule has 2 aromatic carbocycles. The standard InChI is InChI=1S/C19H23N3O5S/c20-13-5-4-8-17(19(24)25)22-28(26,27)16-11-9-15(10-12-16)21-18(23)14-6-2-1-3-7-14/h1-3,6-7,9-12,17,22H,4-5,8,13,20H2,(H,21,23)(H,24,25)/t17-/m1/s1. The van der Waals surface area contributed by atoms with Crippen LogP contribution < -0.4 is 15.8 Å². The number of aliphatic carboxylic acids is 1. The van der Waals surface area contributed by atoms with Crippen LogP contribution in [0.3, 0.4) is 0 Å². The summed E-state index contributed by atoms with van der Waals surface area (Å²) in [5.41, 5.74) is 6.28. The number of carbonyl (C=O) groups excluding carboxylic acids is 1. The van der Waals surface area contributed by atoms with Crippen molar-refractivity contribution in [2.24, 2.45) is 5.73 Å². The van der Waals surface area contributed by atoms with Crippen molar-refractivity contribution in [3.63, 3.8) is 0 Å². The van der Waals surface area contributed by atoms with Gasteiger partial charge in [-0.05, 0) is 55.8 Å². The summed E-state index contributed by atoms with van der Waals surface area (Å²) >= 11 is 0. The summed E-state index contributed by atoms with van der Waals surface area (Å²) in [6.45, 7) is 0.412. The molecule has 0 radical (unpaired) electrons. The molecule has 0 fully saturated rings. The lowest BCUT2D eigenvalue weighted by molar-refractivity contribution is -0.139. The Kier molecular flexibility index (Phi) is 7.68. The van der Waals surface area contributed by atoms with Gasteiger partial charge >= 0.3 is 5.97 Å². The van der Waals surface area contributed by atoms with Crippen LogP contribution in [0.4, 0.5) is 5.69 Å². The summed E-state index contributed by atoms with van der Waals surface area (Å²) in [5.74, 6) is -1.56. The zero-order valence-electron chi connectivity index (χ0n) is 15.2. The maximum Gasteiger partial charge on any atom is 0.321 e. The van der Waals surface area contributed by atoms with E-state index in [-0.39, 0.29) is 17.2 Å². The minimum atomic E-state index is -4.01. The van der Waals surface area contributed by atoms with Gasteiger partial charge in [0.05, 0.1) is 4.90 Å². The average Bonchev–Trinajstić information content (AvgIpc) is 2.68. The summed E-state index contributed by atoms with van der Waals surface area (Å²) in [7, 11) is -4.01. The second kappa shape index (κ2) is 9.98. The molecular formula is C19H23N3O5S. The van der Waals surface area contributed by atoms with Crippen LogP contribution in [0.15, 0.2) is 59.5 Å². The van der Waals surface area contributed by atoms with Crippen LogP contribution in [-0.4, -0.2) is 38.0 Å². The number of anilines is 1. The summed E-state index contributed by atoms with van der Waals surface area (Å²) < 4.78 is 27.1. The van der Waals surface area contributed by atoms with Crippen molar-refractivity contribution < 1.29 is 23.1 Å². The van der Waals surface area contributed by atoms with Gasteiger partial charge in [-0.1, -0.05) is 24.6 Å². The maximum atomic E-state index is 12.4. The summed E-state index contributed by atoms with van der Waals surface area (Å²) in [6.07, 6.45) is 1.26. The molecule has 0 aliphatic carbocycles. The Labute approximate surface area is 163 Å². The molecule has 9 heteroatoms. The third-order valence-electron chi connectivity index (χ3n) is 4.00. The number of benzene rings is 2. The van der Waals surface area contributed by atoms with Gasteiger partial charge in [-0.3, -0.25) is 9.59 Å². The monoisotopic (exact) mass is 405 g/mol. The lowest BCUT2D eigenvalue weighted by Gasteiger charge is -2.15. The van der Waals surface area contributed by atoms with Gasteiger partial charge in [-0.2, -0.15) is 4.72 Å². The van der Waals surface area contributed by atoms with Crippen molar-refractivity contribution in [1.29, 1.82) is 0 Å². The van der Waals surface area contributed by atoms with Gasteiger partial charge in [0.1, 0.15) is 6.04 Å². The number of unbranched alkanes of at least 4 members (excludes halogenated alkanes) is 1. The molecule has 0 aliphatic heterocycles. The molecule has 0 saturated heterocycles. The summed E-state index contributed by atoms with van der Waals surface area (Å²) in [6, 6.07) is 12.9. The van der Waals surface area contributed by atoms with Crippen LogP contribution in [-0.2, 0) is 14.8 Å². The van der Waals surface area contributed by atoms with E-state index in [1.54, 1.807) is 30.3 Å². The Bertz CT molecular complexity index is 899. The predicted octanol–water partition coefficient (Wildman–Crippen LogP) is 1.80. The first-order chi connectivity index (χ1) is 13.3. The minimum Gasteiger partial charge on any atom is -0.480 e. The van der Waals surface area contributed by atoms with Crippen molar-refractivity contribution in [2.45, 2.75) is 30.2 Å². The number of nitrogens with one attached hydrogen (secondary N) is 2. The predicted molar refractivity (Wildman–Crippen MR) is 105 cm³/mol. The van der Waals surface area contributed by atoms with Gasteiger partial charge in [0.2, 0.25) is 10.0 Å². The molecule has 150 valence electrons. The van der Waals surface area contributed by atoms with Crippen LogP contribution in [0.5, 0.6) is 0 Å². The molecule has 2 aromatic rings. The largest absolute Gasteiger partial charge is 0.480 e. The number of rotatable bonds is 10. The molecule has 0 heterocycles. The highest BCUT2D eigenvalue weighted by Crippen LogP contribution is 2.16. The van der Waals surface area contributed by atoms with Crippen molar-refractivity contribution in [1.82, 2.24) is 4.72 Å². The Morgan fingerprint density at radius 1 is 1.00 bits per heavy atom. The van der Waals surface area contributed by atoms with E-state index < -0.39 is 22.0 Å². The van der Waals surface area contributed by atoms with Crippen LogP contribution in [0.1, 0.15) is 29.6 Å². The lowest BCUT2D eigenvalue weighted by Crippen LogP contribution is -2.40. The molecule has 0 spiro atoms. The van der Waals surface area contributed by atoms with E-state index in [4.69, 9.17) is 5.73 Å². The molecule has 1 atom stereocenters. The summed E-state index contributed by atoms with van der Waals surface area (Å²) in [4.78, 5) is 23.3. The molecule has 2 rings (SSSR count). The van der Waals surface area contributed by atoms with E-state index in [0.717, 1.165) is 0 Å². The molecule has 0 saturated carbocycles. The number of amides is 1. The first-order valence-corrected chi connectivity index (χ1v) is 10.2. The molecule has 28 heavy (non-hydrogen) atoms. The van der Waals surface area contributed by atoms with Crippen molar-refractivity contribution in [3.8, 4) is 0 Å². The van der Waals surface area contributed by atoms with E-state index in [1.807, 2.05) is 0 Å². The zero-order valence-corrected chi connectivity index (χ0v) is 16.0. The first kappa shape index (κ1) is 21.5. The number of carboxylic acid groups (broad SMARTS) is 1. The normalized spacial score (nSPS) is 12.3. The SMILES string of the molecule is NCCCC[C@@H](NS(=O)(=O)c1ccc(NC(=O)c2ccccc2)cc1)C(=O)O. The number of hydrogen-bond acceptors (Lipinski definition) is 5. The summed E-state index contributed by atoms with van der Waals surface area (Å²) in [5, 5.41) is 11.9. The molecular weight excluding hydrogens is 382 g/mol. The molecule has 0 bridgehead atoms. The number of sulfonamides is 1. The minimum absolute atomic E-state index is 0.0877. The average molecular weight is 405 g/mol. The number of carboxylic acids is 1. The molecule has 0 aromatic heterocycles. The third-order valence-corrected chi connectivity index (χ3v) is 5.49. The Hall–Kier alpha value is -2.75. The number of carbonyl (C=O) groups is 2. The molecule has 0 aliphatic rings. The van der Waals surface area contributed by atoms with Crippen molar-refractivity contribution >= 4 is 27.6 Å². The fourth-order valence-electron chi connectivity index (χ4n) is 2.49. The quantitative estimate of drug-likeness (QED) is 0.445. The molecule has 5 N–H and O–H groups in total. The van der Waals surface area contributed by atoms with Gasteiger partial charge in [0.25, 0.3) is 5.91 Å². The van der Waals surface area contributed by atoms with Crippen LogP contribution >= 0.6 is 0 Å². The van der Waals surface area contributed by atoms with Gasteiger partial charge in [-0.15, -0.1) is 0 Å². The maximum absolute atomic E-state index is 12.4. The highest BCUT2D eigenvalue weighted by atomic mass is 32.2. The van der Waals surface area contributed by atoms with Crippen LogP contribution in [0.25, 0.3) is 0 Å². The lowest BCUT2D eigenvalue weighted by atomic mass is 10.1. The molecule has 0 unspecified atom stereocenters. The topological polar surface area (TPSA) is 139 Å². The van der Waals surface area contributed by atoms with Crippen LogP contribution in [0.2, 0.25) is 0 Å². The van der Waals surface area contributed by atoms with E-state index in [1.165, 1.54) is 24.3 Å². The van der Waals surface area contributed by atoms with Crippen LogP contribution in [0, 0.1) is 0 Å². The third kappa shape index (κ3) is 6.15. The van der Waals surface area contributed by atoms with Crippen molar-refractivity contribution in [2.75, 3.05) is 11.9 Å². The molecule has 8 nitrogen and oxygen atoms in total. The van der Waals surface area contributed by atoms with E-state index in [0.29, 0.717) is 30.6 Å². The van der Waals surface area contributed by atoms with Gasteiger partial charge in [0, 0.05) is 11.3 Å². The smallest absolute Gasteiger partial charge is 0.321 e. The Morgan fingerprint density at radius 2 is 1.64 bits per heavy atom. The van der Waals surface area contributed by atoms with Gasteiger partial charge < -0.3 is 16.2 Å². The van der Waals surface area contributed by atoms with Gasteiger partial charge in [-0.25, -0.2) is 8.42 Å². The number of nitrogens with two attached hydrogens (primary N) is 1. The van der Waals surface area contributed by atoms with Crippen molar-refractivity contribution in [3.05, 3.63) is 60.2 Å². The zero-order chi connectivity index (χ0) is 20.6. The van der Waals surface area contributed by atoms with E-state index >= 15 is 0 Å². The van der Waals surface area contributed by atoms with E-state index in [9.17, 15) is 23.1 Å². The van der Waals surface area contributed by atoms with Gasteiger partial charge in [0.15, 0.2) is 0 Å². The number of hydrogen-bond donors (Lipinski definition) is 4. The second-order valence-corrected chi connectivity index (χ2v) is 7.86. The highest BCUT2D eigenvalue weighted by Gasteiger charge is 2.25. The Morgan fingerprint density at radius 3 is 2.21 bits per heavy atom. The van der Waals surface area contributed by atoms with E-state index in [2.05, 4.69) is 10.0 Å². The fraction of sp³-hybridized carbons (Fsp3) is 0.263.